The van der Waals surface area contributed by atoms with E-state index >= 15 is 0 Å². The Hall–Kier alpha value is -1.89. The van der Waals surface area contributed by atoms with Crippen molar-refractivity contribution in [3.8, 4) is 0 Å². The van der Waals surface area contributed by atoms with E-state index in [0.717, 1.165) is 25.1 Å². The molecular weight excluding hydrogens is 344 g/mol. The molecule has 3 aliphatic rings. The maximum absolute atomic E-state index is 12.5. The molecule has 0 aromatic carbocycles. The minimum atomic E-state index is -0.769. The van der Waals surface area contributed by atoms with Crippen molar-refractivity contribution in [1.29, 1.82) is 0 Å². The Morgan fingerprint density at radius 3 is 2.59 bits per heavy atom. The van der Waals surface area contributed by atoms with E-state index in [4.69, 9.17) is 5.11 Å². The number of aromatic nitrogens is 2. The largest absolute Gasteiger partial charge is 0.480 e. The van der Waals surface area contributed by atoms with Crippen molar-refractivity contribution in [3.63, 3.8) is 0 Å². The average molecular weight is 374 g/mol. The SMILES string of the molecule is O=C(O)CN(CC1CC1)C1CC(NC(=O)c2cc(C3CCCCC3)[nH]n2)C1. The quantitative estimate of drug-likeness (QED) is 0.649. The highest BCUT2D eigenvalue weighted by atomic mass is 16.4. The minimum Gasteiger partial charge on any atom is -0.480 e. The Morgan fingerprint density at radius 1 is 1.19 bits per heavy atom. The summed E-state index contributed by atoms with van der Waals surface area (Å²) in [6.45, 7) is 0.980. The molecule has 7 nitrogen and oxygen atoms in total. The summed E-state index contributed by atoms with van der Waals surface area (Å²) in [6.07, 6.45) is 10.2. The molecule has 3 aliphatic carbocycles. The number of carbonyl (C=O) groups is 2. The summed E-state index contributed by atoms with van der Waals surface area (Å²) in [7, 11) is 0. The van der Waals surface area contributed by atoms with Gasteiger partial charge in [0.2, 0.25) is 0 Å². The predicted molar refractivity (Wildman–Crippen MR) is 101 cm³/mol. The van der Waals surface area contributed by atoms with Crippen LogP contribution in [0.4, 0.5) is 0 Å². The van der Waals surface area contributed by atoms with Crippen LogP contribution in [0.25, 0.3) is 0 Å². The Labute approximate surface area is 159 Å². The number of amides is 1. The van der Waals surface area contributed by atoms with Crippen molar-refractivity contribution < 1.29 is 14.7 Å². The normalized spacial score (nSPS) is 26.0. The van der Waals surface area contributed by atoms with Gasteiger partial charge in [0.25, 0.3) is 5.91 Å². The number of aliphatic carboxylic acids is 1. The van der Waals surface area contributed by atoms with Crippen LogP contribution in [0.3, 0.4) is 0 Å². The molecule has 0 aliphatic heterocycles. The monoisotopic (exact) mass is 374 g/mol. The van der Waals surface area contributed by atoms with Crippen molar-refractivity contribution in [2.75, 3.05) is 13.1 Å². The molecule has 0 saturated heterocycles. The molecule has 1 aromatic rings. The van der Waals surface area contributed by atoms with Gasteiger partial charge in [-0.2, -0.15) is 5.10 Å². The van der Waals surface area contributed by atoms with Crippen LogP contribution < -0.4 is 5.32 Å². The maximum Gasteiger partial charge on any atom is 0.317 e. The summed E-state index contributed by atoms with van der Waals surface area (Å²) in [5, 5.41) is 19.5. The molecule has 3 fully saturated rings. The fourth-order valence-electron chi connectivity index (χ4n) is 4.49. The number of hydrogen-bond donors (Lipinski definition) is 3. The number of carboxylic acids is 1. The summed E-state index contributed by atoms with van der Waals surface area (Å²) in [5.74, 6) is 0.284. The molecule has 0 unspecified atom stereocenters. The molecule has 0 radical (unpaired) electrons. The van der Waals surface area contributed by atoms with Crippen LogP contribution in [-0.2, 0) is 4.79 Å². The topological polar surface area (TPSA) is 98.3 Å². The zero-order valence-corrected chi connectivity index (χ0v) is 15.8. The van der Waals surface area contributed by atoms with Gasteiger partial charge in [0.1, 0.15) is 5.69 Å². The predicted octanol–water partition coefficient (Wildman–Crippen LogP) is 2.51. The molecule has 3 saturated carbocycles. The number of nitrogens with zero attached hydrogens (tertiary/aromatic N) is 2. The molecule has 7 heteroatoms. The smallest absolute Gasteiger partial charge is 0.317 e. The summed E-state index contributed by atoms with van der Waals surface area (Å²) < 4.78 is 0. The third-order valence-electron chi connectivity index (χ3n) is 6.37. The molecule has 4 rings (SSSR count). The second-order valence-corrected chi connectivity index (χ2v) is 8.61. The van der Waals surface area contributed by atoms with Crippen LogP contribution in [0.15, 0.2) is 6.07 Å². The minimum absolute atomic E-state index is 0.103. The molecule has 1 amide bonds. The van der Waals surface area contributed by atoms with Crippen LogP contribution in [0.2, 0.25) is 0 Å². The second-order valence-electron chi connectivity index (χ2n) is 8.61. The van der Waals surface area contributed by atoms with Gasteiger partial charge in [-0.15, -0.1) is 0 Å². The molecule has 0 spiro atoms. The lowest BCUT2D eigenvalue weighted by Crippen LogP contribution is -2.55. The average Bonchev–Trinajstić information content (AvgIpc) is 3.29. The Kier molecular flexibility index (Phi) is 5.48. The molecular formula is C20H30N4O3. The number of hydrogen-bond acceptors (Lipinski definition) is 4. The lowest BCUT2D eigenvalue weighted by molar-refractivity contribution is -0.139. The van der Waals surface area contributed by atoms with Gasteiger partial charge in [0.05, 0.1) is 6.54 Å². The number of nitrogens with one attached hydrogen (secondary N) is 2. The molecule has 3 N–H and O–H groups in total. The van der Waals surface area contributed by atoms with Gasteiger partial charge in [-0.1, -0.05) is 19.3 Å². The van der Waals surface area contributed by atoms with Gasteiger partial charge in [0.15, 0.2) is 0 Å². The van der Waals surface area contributed by atoms with Crippen molar-refractivity contribution in [2.24, 2.45) is 5.92 Å². The van der Waals surface area contributed by atoms with E-state index < -0.39 is 5.97 Å². The number of rotatable bonds is 8. The zero-order valence-electron chi connectivity index (χ0n) is 15.8. The number of carbonyl (C=O) groups excluding carboxylic acids is 1. The van der Waals surface area contributed by atoms with Crippen LogP contribution in [-0.4, -0.2) is 57.3 Å². The molecule has 148 valence electrons. The van der Waals surface area contributed by atoms with E-state index in [1.165, 1.54) is 44.9 Å². The van der Waals surface area contributed by atoms with Gasteiger partial charge < -0.3 is 10.4 Å². The summed E-state index contributed by atoms with van der Waals surface area (Å²) in [6, 6.07) is 2.29. The lowest BCUT2D eigenvalue weighted by atomic mass is 9.85. The van der Waals surface area contributed by atoms with E-state index in [-0.39, 0.29) is 24.5 Å². The van der Waals surface area contributed by atoms with Crippen LogP contribution in [0.1, 0.15) is 79.9 Å². The van der Waals surface area contributed by atoms with Crippen molar-refractivity contribution in [1.82, 2.24) is 20.4 Å². The van der Waals surface area contributed by atoms with Crippen LogP contribution in [0.5, 0.6) is 0 Å². The van der Waals surface area contributed by atoms with E-state index in [2.05, 4.69) is 20.4 Å². The molecule has 27 heavy (non-hydrogen) atoms. The van der Waals surface area contributed by atoms with Crippen molar-refractivity contribution in [3.05, 3.63) is 17.5 Å². The summed E-state index contributed by atoms with van der Waals surface area (Å²) in [4.78, 5) is 25.7. The number of aromatic amines is 1. The molecule has 1 aromatic heterocycles. The first-order valence-corrected chi connectivity index (χ1v) is 10.4. The molecule has 1 heterocycles. The Bertz CT molecular complexity index is 673. The van der Waals surface area contributed by atoms with Gasteiger partial charge in [-0.05, 0) is 50.5 Å². The summed E-state index contributed by atoms with van der Waals surface area (Å²) in [5.41, 5.74) is 1.56. The first-order valence-electron chi connectivity index (χ1n) is 10.4. The van der Waals surface area contributed by atoms with Gasteiger partial charge >= 0.3 is 5.97 Å². The standard InChI is InChI=1S/C20H30N4O3/c25-19(26)12-24(11-13-6-7-13)16-8-15(9-16)21-20(27)18-10-17(22-23-18)14-4-2-1-3-5-14/h10,13-16H,1-9,11-12H2,(H,21,27)(H,22,23)(H,25,26). The fourth-order valence-corrected chi connectivity index (χ4v) is 4.49. The van der Waals surface area contributed by atoms with Gasteiger partial charge in [-0.25, -0.2) is 0 Å². The van der Waals surface area contributed by atoms with Gasteiger partial charge in [-0.3, -0.25) is 19.6 Å². The molecule has 0 bridgehead atoms. The Balaban J connectivity index is 1.26. The lowest BCUT2D eigenvalue weighted by Gasteiger charge is -2.42. The molecule has 0 atom stereocenters. The van der Waals surface area contributed by atoms with E-state index in [1.807, 2.05) is 6.07 Å². The zero-order chi connectivity index (χ0) is 18.8. The first-order chi connectivity index (χ1) is 13.1. The van der Waals surface area contributed by atoms with Crippen molar-refractivity contribution in [2.45, 2.75) is 75.8 Å². The van der Waals surface area contributed by atoms with Crippen LogP contribution in [0, 0.1) is 5.92 Å². The van der Waals surface area contributed by atoms with Crippen LogP contribution >= 0.6 is 0 Å². The number of carboxylic acid groups (broad SMARTS) is 1. The van der Waals surface area contributed by atoms with Gasteiger partial charge in [0, 0.05) is 30.2 Å². The third kappa shape index (κ3) is 4.69. The van der Waals surface area contributed by atoms with E-state index in [1.54, 1.807) is 0 Å². The van der Waals surface area contributed by atoms with E-state index in [9.17, 15) is 9.59 Å². The van der Waals surface area contributed by atoms with Crippen molar-refractivity contribution >= 4 is 11.9 Å². The third-order valence-corrected chi connectivity index (χ3v) is 6.37. The number of H-pyrrole nitrogens is 1. The fraction of sp³-hybridized carbons (Fsp3) is 0.750. The highest BCUT2D eigenvalue weighted by Gasteiger charge is 2.38. The second kappa shape index (κ2) is 8.00. The highest BCUT2D eigenvalue weighted by molar-refractivity contribution is 5.92. The first kappa shape index (κ1) is 18.5. The summed E-state index contributed by atoms with van der Waals surface area (Å²) >= 11 is 0. The Morgan fingerprint density at radius 2 is 1.93 bits per heavy atom. The maximum atomic E-state index is 12.5. The highest BCUT2D eigenvalue weighted by Crippen LogP contribution is 2.34. The van der Waals surface area contributed by atoms with E-state index in [0.29, 0.717) is 17.5 Å².